The van der Waals surface area contributed by atoms with Gasteiger partial charge in [0.05, 0.1) is 6.04 Å². The molecule has 0 spiro atoms. The first-order valence-corrected chi connectivity index (χ1v) is 13.2. The van der Waals surface area contributed by atoms with E-state index >= 15 is 0 Å². The Bertz CT molecular complexity index is 1020. The lowest BCUT2D eigenvalue weighted by Gasteiger charge is -2.27. The summed E-state index contributed by atoms with van der Waals surface area (Å²) in [5, 5.41) is 3.31. The van der Waals surface area contributed by atoms with Crippen molar-refractivity contribution in [2.45, 2.75) is 39.2 Å². The van der Waals surface area contributed by atoms with E-state index in [1.807, 2.05) is 55.1 Å². The summed E-state index contributed by atoms with van der Waals surface area (Å²) in [6.07, 6.45) is 3.10. The smallest absolute Gasteiger partial charge is 0.317 e. The van der Waals surface area contributed by atoms with Gasteiger partial charge in [0.2, 0.25) is 0 Å². The summed E-state index contributed by atoms with van der Waals surface area (Å²) < 4.78 is 0. The number of carbonyl (C=O) groups excluding carboxylic acids is 2. The van der Waals surface area contributed by atoms with Crippen molar-refractivity contribution in [1.29, 1.82) is 0 Å². The molecule has 2 aromatic carbocycles. The highest BCUT2D eigenvalue weighted by atomic mass is 16.2. The quantitative estimate of drug-likeness (QED) is 0.681. The van der Waals surface area contributed by atoms with Crippen LogP contribution < -0.4 is 5.32 Å². The van der Waals surface area contributed by atoms with E-state index in [1.54, 1.807) is 0 Å². The first-order valence-electron chi connectivity index (χ1n) is 13.2. The van der Waals surface area contributed by atoms with Gasteiger partial charge >= 0.3 is 6.03 Å². The van der Waals surface area contributed by atoms with E-state index < -0.39 is 0 Å². The fourth-order valence-corrected chi connectivity index (χ4v) is 6.23. The second kappa shape index (κ2) is 10.4. The van der Waals surface area contributed by atoms with E-state index in [9.17, 15) is 9.59 Å². The molecule has 3 saturated heterocycles. The normalized spacial score (nSPS) is 22.9. The average molecular weight is 475 g/mol. The van der Waals surface area contributed by atoms with Crippen LogP contribution in [-0.2, 0) is 0 Å². The molecule has 0 aromatic heterocycles. The minimum absolute atomic E-state index is 0.0202. The maximum Gasteiger partial charge on any atom is 0.317 e. The third kappa shape index (κ3) is 5.22. The SMILES string of the molecule is Cc1cccc(C)c1C(=O)N1CC2CN(CC[C@H](NC(=O)N3CCCC3)c3ccccc3)CC2C1. The van der Waals surface area contributed by atoms with Gasteiger partial charge < -0.3 is 20.0 Å². The molecule has 0 aliphatic carbocycles. The maximum absolute atomic E-state index is 13.3. The Kier molecular flexibility index (Phi) is 7.09. The summed E-state index contributed by atoms with van der Waals surface area (Å²) in [5.41, 5.74) is 4.18. The Morgan fingerprint density at radius 2 is 1.49 bits per heavy atom. The predicted octanol–water partition coefficient (Wildman–Crippen LogP) is 4.24. The molecule has 0 saturated carbocycles. The van der Waals surface area contributed by atoms with Crippen LogP contribution in [0, 0.1) is 25.7 Å². The highest BCUT2D eigenvalue weighted by molar-refractivity contribution is 5.97. The topological polar surface area (TPSA) is 55.9 Å². The van der Waals surface area contributed by atoms with E-state index in [0.717, 1.165) is 81.8 Å². The number of urea groups is 1. The number of nitrogens with zero attached hydrogens (tertiary/aromatic N) is 3. The number of benzene rings is 2. The summed E-state index contributed by atoms with van der Waals surface area (Å²) in [6.45, 7) is 10.5. The molecular weight excluding hydrogens is 436 g/mol. The van der Waals surface area contributed by atoms with Gasteiger partial charge in [-0.1, -0.05) is 48.5 Å². The van der Waals surface area contributed by atoms with Gasteiger partial charge in [0, 0.05) is 51.4 Å². The van der Waals surface area contributed by atoms with Gasteiger partial charge in [-0.15, -0.1) is 0 Å². The fourth-order valence-electron chi connectivity index (χ4n) is 6.23. The highest BCUT2D eigenvalue weighted by Gasteiger charge is 2.42. The van der Waals surface area contributed by atoms with Gasteiger partial charge in [0.25, 0.3) is 5.91 Å². The van der Waals surface area contributed by atoms with Crippen LogP contribution in [0.1, 0.15) is 52.4 Å². The summed E-state index contributed by atoms with van der Waals surface area (Å²) in [4.78, 5) is 32.6. The van der Waals surface area contributed by atoms with Crippen molar-refractivity contribution in [1.82, 2.24) is 20.0 Å². The summed E-state index contributed by atoms with van der Waals surface area (Å²) >= 11 is 0. The molecule has 6 heteroatoms. The molecule has 2 unspecified atom stereocenters. The zero-order valence-electron chi connectivity index (χ0n) is 21.1. The van der Waals surface area contributed by atoms with Crippen molar-refractivity contribution in [2.24, 2.45) is 11.8 Å². The van der Waals surface area contributed by atoms with Crippen molar-refractivity contribution in [3.05, 3.63) is 70.8 Å². The first kappa shape index (κ1) is 23.9. The van der Waals surface area contributed by atoms with Crippen molar-refractivity contribution < 1.29 is 9.59 Å². The number of carbonyl (C=O) groups is 2. The first-order chi connectivity index (χ1) is 17.0. The molecular formula is C29H38N4O2. The number of amides is 3. The molecule has 35 heavy (non-hydrogen) atoms. The third-order valence-corrected chi connectivity index (χ3v) is 8.17. The van der Waals surface area contributed by atoms with Crippen LogP contribution >= 0.6 is 0 Å². The van der Waals surface area contributed by atoms with E-state index in [4.69, 9.17) is 0 Å². The lowest BCUT2D eigenvalue weighted by Crippen LogP contribution is -2.41. The zero-order chi connectivity index (χ0) is 24.4. The van der Waals surface area contributed by atoms with Gasteiger partial charge in [0.15, 0.2) is 0 Å². The van der Waals surface area contributed by atoms with Crippen molar-refractivity contribution in [2.75, 3.05) is 45.8 Å². The average Bonchev–Trinajstić information content (AvgIpc) is 3.59. The second-order valence-corrected chi connectivity index (χ2v) is 10.7. The minimum Gasteiger partial charge on any atom is -0.338 e. The van der Waals surface area contributed by atoms with Gasteiger partial charge in [-0.05, 0) is 61.6 Å². The maximum atomic E-state index is 13.3. The lowest BCUT2D eigenvalue weighted by molar-refractivity contribution is 0.0772. The van der Waals surface area contributed by atoms with Crippen molar-refractivity contribution in [3.63, 3.8) is 0 Å². The molecule has 1 N–H and O–H groups in total. The predicted molar refractivity (Wildman–Crippen MR) is 138 cm³/mol. The van der Waals surface area contributed by atoms with Crippen molar-refractivity contribution >= 4 is 11.9 Å². The second-order valence-electron chi connectivity index (χ2n) is 10.7. The number of aryl methyl sites for hydroxylation is 2. The van der Waals surface area contributed by atoms with Crippen LogP contribution in [0.15, 0.2) is 48.5 Å². The summed E-state index contributed by atoms with van der Waals surface area (Å²) in [5.74, 6) is 1.27. The summed E-state index contributed by atoms with van der Waals surface area (Å²) in [7, 11) is 0. The molecule has 6 nitrogen and oxygen atoms in total. The molecule has 186 valence electrons. The van der Waals surface area contributed by atoms with E-state index in [-0.39, 0.29) is 18.0 Å². The molecule has 3 atom stereocenters. The molecule has 0 bridgehead atoms. The van der Waals surface area contributed by atoms with E-state index in [0.29, 0.717) is 11.8 Å². The number of fused-ring (bicyclic) bond motifs is 1. The zero-order valence-corrected chi connectivity index (χ0v) is 21.1. The number of hydrogen-bond acceptors (Lipinski definition) is 3. The van der Waals surface area contributed by atoms with Gasteiger partial charge in [0.1, 0.15) is 0 Å². The largest absolute Gasteiger partial charge is 0.338 e. The van der Waals surface area contributed by atoms with Crippen molar-refractivity contribution in [3.8, 4) is 0 Å². The molecule has 0 radical (unpaired) electrons. The van der Waals surface area contributed by atoms with Crippen LogP contribution in [0.4, 0.5) is 4.79 Å². The Balaban J connectivity index is 1.17. The number of hydrogen-bond donors (Lipinski definition) is 1. The standard InChI is InChI=1S/C29H38N4O2/c1-21-9-8-10-22(2)27(21)28(34)33-19-24-17-31(18-25(24)20-33)16-13-26(23-11-4-3-5-12-23)30-29(35)32-14-6-7-15-32/h3-5,8-12,24-26H,6-7,13-20H2,1-2H3,(H,30,35)/t24?,25?,26-/m0/s1. The Labute approximate surface area is 209 Å². The van der Waals surface area contributed by atoms with Gasteiger partial charge in [-0.2, -0.15) is 0 Å². The third-order valence-electron chi connectivity index (χ3n) is 8.17. The van der Waals surface area contributed by atoms with Crippen LogP contribution in [0.25, 0.3) is 0 Å². The molecule has 2 aromatic rings. The number of likely N-dealkylation sites (tertiary alicyclic amines) is 3. The monoisotopic (exact) mass is 474 g/mol. The Morgan fingerprint density at radius 3 is 2.11 bits per heavy atom. The van der Waals surface area contributed by atoms with Crippen LogP contribution in [0.5, 0.6) is 0 Å². The highest BCUT2D eigenvalue weighted by Crippen LogP contribution is 2.33. The summed E-state index contributed by atoms with van der Waals surface area (Å²) in [6, 6.07) is 16.5. The van der Waals surface area contributed by atoms with Crippen LogP contribution in [0.3, 0.4) is 0 Å². The fraction of sp³-hybridized carbons (Fsp3) is 0.517. The van der Waals surface area contributed by atoms with E-state index in [1.165, 1.54) is 5.56 Å². The number of nitrogens with one attached hydrogen (secondary N) is 1. The molecule has 3 aliphatic rings. The molecule has 5 rings (SSSR count). The molecule has 3 aliphatic heterocycles. The minimum atomic E-state index is 0.0202. The van der Waals surface area contributed by atoms with Crippen LogP contribution in [-0.4, -0.2) is 72.5 Å². The molecule has 3 heterocycles. The lowest BCUT2D eigenvalue weighted by atomic mass is 10.0. The molecule has 3 fully saturated rings. The number of rotatable bonds is 6. The Morgan fingerprint density at radius 1 is 0.857 bits per heavy atom. The van der Waals surface area contributed by atoms with Gasteiger partial charge in [-0.25, -0.2) is 4.79 Å². The van der Waals surface area contributed by atoms with Gasteiger partial charge in [-0.3, -0.25) is 4.79 Å². The van der Waals surface area contributed by atoms with E-state index in [2.05, 4.69) is 27.2 Å². The molecule has 3 amide bonds. The Hall–Kier alpha value is -2.86. The van der Waals surface area contributed by atoms with Crippen LogP contribution in [0.2, 0.25) is 0 Å².